The van der Waals surface area contributed by atoms with Crippen LogP contribution in [0.2, 0.25) is 0 Å². The number of hydrogen-bond acceptors (Lipinski definition) is 4. The van der Waals surface area contributed by atoms with Gasteiger partial charge in [-0.1, -0.05) is 13.8 Å². The topological polar surface area (TPSA) is 52.0 Å². The largest absolute Gasteiger partial charge is 0.398 e. The lowest BCUT2D eigenvalue weighted by atomic mass is 10.3. The van der Waals surface area contributed by atoms with Crippen LogP contribution >= 0.6 is 23.5 Å². The minimum Gasteiger partial charge on any atom is -0.398 e. The molecule has 0 atom stereocenters. The molecule has 14 heavy (non-hydrogen) atoms. The van der Waals surface area contributed by atoms with Crippen LogP contribution in [0.15, 0.2) is 21.9 Å². The van der Waals surface area contributed by atoms with Gasteiger partial charge in [-0.15, -0.1) is 23.5 Å². The minimum atomic E-state index is 0.787. The Kier molecular flexibility index (Phi) is 4.48. The Morgan fingerprint density at radius 3 is 1.71 bits per heavy atom. The molecule has 0 heterocycles. The Morgan fingerprint density at radius 2 is 1.36 bits per heavy atom. The van der Waals surface area contributed by atoms with Crippen LogP contribution < -0.4 is 11.5 Å². The average Bonchev–Trinajstić information content (AvgIpc) is 2.14. The summed E-state index contributed by atoms with van der Waals surface area (Å²) in [7, 11) is 0. The van der Waals surface area contributed by atoms with Gasteiger partial charge in [0.2, 0.25) is 0 Å². The van der Waals surface area contributed by atoms with Gasteiger partial charge in [0.05, 0.1) is 0 Å². The Bertz CT molecular complexity index is 286. The molecule has 4 N–H and O–H groups in total. The molecular formula is C10H16N2S2. The van der Waals surface area contributed by atoms with Gasteiger partial charge in [-0.05, 0) is 23.6 Å². The summed E-state index contributed by atoms with van der Waals surface area (Å²) in [5.41, 5.74) is 13.3. The van der Waals surface area contributed by atoms with Gasteiger partial charge in [-0.2, -0.15) is 0 Å². The smallest absolute Gasteiger partial charge is 0.0473 e. The lowest BCUT2D eigenvalue weighted by Crippen LogP contribution is -1.95. The van der Waals surface area contributed by atoms with E-state index in [9.17, 15) is 0 Å². The first-order valence-corrected chi connectivity index (χ1v) is 6.60. The number of rotatable bonds is 4. The maximum Gasteiger partial charge on any atom is 0.0473 e. The van der Waals surface area contributed by atoms with Crippen molar-refractivity contribution >= 4 is 34.9 Å². The molecule has 1 aromatic carbocycles. The van der Waals surface area contributed by atoms with Gasteiger partial charge in [0, 0.05) is 21.2 Å². The molecule has 0 aliphatic rings. The molecule has 0 aliphatic heterocycles. The highest BCUT2D eigenvalue weighted by molar-refractivity contribution is 8.00. The highest BCUT2D eigenvalue weighted by Gasteiger charge is 2.05. The van der Waals surface area contributed by atoms with Gasteiger partial charge in [0.1, 0.15) is 0 Å². The Morgan fingerprint density at radius 1 is 0.929 bits per heavy atom. The van der Waals surface area contributed by atoms with Gasteiger partial charge in [0.25, 0.3) is 0 Å². The van der Waals surface area contributed by atoms with Crippen LogP contribution in [-0.2, 0) is 0 Å². The van der Waals surface area contributed by atoms with Crippen molar-refractivity contribution in [2.75, 3.05) is 23.0 Å². The predicted octanol–water partition coefficient (Wildman–Crippen LogP) is 3.07. The Hall–Kier alpha value is -0.480. The van der Waals surface area contributed by atoms with Crippen molar-refractivity contribution in [3.05, 3.63) is 12.1 Å². The molecule has 0 fully saturated rings. The fourth-order valence-electron chi connectivity index (χ4n) is 1.16. The molecule has 0 spiro atoms. The second-order valence-corrected chi connectivity index (χ2v) is 5.41. The number of thioether (sulfide) groups is 2. The fourth-order valence-corrected chi connectivity index (χ4v) is 2.71. The molecule has 0 aromatic heterocycles. The summed E-state index contributed by atoms with van der Waals surface area (Å²) >= 11 is 3.51. The van der Waals surface area contributed by atoms with Gasteiger partial charge >= 0.3 is 0 Å². The molecule has 0 saturated heterocycles. The lowest BCUT2D eigenvalue weighted by Gasteiger charge is -2.09. The van der Waals surface area contributed by atoms with Crippen molar-refractivity contribution < 1.29 is 0 Å². The van der Waals surface area contributed by atoms with E-state index in [0.717, 1.165) is 32.7 Å². The minimum absolute atomic E-state index is 0.787. The highest BCUT2D eigenvalue weighted by Crippen LogP contribution is 2.34. The van der Waals surface area contributed by atoms with E-state index in [2.05, 4.69) is 19.9 Å². The monoisotopic (exact) mass is 228 g/mol. The molecule has 2 nitrogen and oxygen atoms in total. The van der Waals surface area contributed by atoms with E-state index < -0.39 is 0 Å². The Balaban J connectivity index is 3.00. The molecule has 0 unspecified atom stereocenters. The molecular weight excluding hydrogens is 212 g/mol. The number of benzene rings is 1. The maximum absolute atomic E-state index is 5.86. The van der Waals surface area contributed by atoms with Gasteiger partial charge in [-0.25, -0.2) is 0 Å². The van der Waals surface area contributed by atoms with Crippen molar-refractivity contribution in [2.45, 2.75) is 23.6 Å². The molecule has 78 valence electrons. The molecule has 0 amide bonds. The van der Waals surface area contributed by atoms with E-state index >= 15 is 0 Å². The van der Waals surface area contributed by atoms with Crippen LogP contribution in [0.3, 0.4) is 0 Å². The van der Waals surface area contributed by atoms with Crippen molar-refractivity contribution in [1.29, 1.82) is 0 Å². The quantitative estimate of drug-likeness (QED) is 0.614. The molecule has 4 heteroatoms. The molecule has 1 rings (SSSR count). The third-order valence-corrected chi connectivity index (χ3v) is 3.65. The van der Waals surface area contributed by atoms with E-state index in [1.54, 1.807) is 23.5 Å². The van der Waals surface area contributed by atoms with Crippen molar-refractivity contribution in [3.63, 3.8) is 0 Å². The number of hydrogen-bond donors (Lipinski definition) is 2. The zero-order valence-corrected chi connectivity index (χ0v) is 10.2. The highest BCUT2D eigenvalue weighted by atomic mass is 32.2. The van der Waals surface area contributed by atoms with Gasteiger partial charge in [-0.3, -0.25) is 0 Å². The molecule has 1 aromatic rings. The summed E-state index contributed by atoms with van der Waals surface area (Å²) in [6, 6.07) is 3.95. The molecule has 0 aliphatic carbocycles. The maximum atomic E-state index is 5.86. The summed E-state index contributed by atoms with van der Waals surface area (Å²) < 4.78 is 0. The number of anilines is 2. The van der Waals surface area contributed by atoms with Crippen LogP contribution in [0.1, 0.15) is 13.8 Å². The van der Waals surface area contributed by atoms with Crippen molar-refractivity contribution in [1.82, 2.24) is 0 Å². The van der Waals surface area contributed by atoms with E-state index in [1.165, 1.54) is 0 Å². The zero-order valence-electron chi connectivity index (χ0n) is 8.54. The number of nitrogen functional groups attached to an aromatic ring is 2. The van der Waals surface area contributed by atoms with Gasteiger partial charge in [0.15, 0.2) is 0 Å². The second-order valence-electron chi connectivity index (χ2n) is 2.79. The first-order valence-electron chi connectivity index (χ1n) is 4.63. The zero-order chi connectivity index (χ0) is 10.6. The SMILES string of the molecule is CCSc1cc(SCC)c(N)cc1N. The van der Waals surface area contributed by atoms with Crippen molar-refractivity contribution in [2.24, 2.45) is 0 Å². The van der Waals surface area contributed by atoms with Crippen LogP contribution in [0.4, 0.5) is 11.4 Å². The summed E-state index contributed by atoms with van der Waals surface area (Å²) in [5, 5.41) is 0. The van der Waals surface area contributed by atoms with Gasteiger partial charge < -0.3 is 11.5 Å². The summed E-state index contributed by atoms with van der Waals surface area (Å²) in [4.78, 5) is 2.27. The lowest BCUT2D eigenvalue weighted by molar-refractivity contribution is 1.33. The molecule has 0 bridgehead atoms. The van der Waals surface area contributed by atoms with Crippen LogP contribution in [0, 0.1) is 0 Å². The van der Waals surface area contributed by atoms with E-state index in [0.29, 0.717) is 0 Å². The normalized spacial score (nSPS) is 10.4. The summed E-state index contributed by atoms with van der Waals surface area (Å²) in [5.74, 6) is 2.06. The van der Waals surface area contributed by atoms with E-state index in [1.807, 2.05) is 6.07 Å². The van der Waals surface area contributed by atoms with E-state index in [4.69, 9.17) is 11.5 Å². The molecule has 0 saturated carbocycles. The first kappa shape index (κ1) is 11.6. The predicted molar refractivity (Wildman–Crippen MR) is 68.1 cm³/mol. The first-order chi connectivity index (χ1) is 6.69. The summed E-state index contributed by atoms with van der Waals surface area (Å²) in [6.45, 7) is 4.24. The third-order valence-electron chi connectivity index (χ3n) is 1.74. The third kappa shape index (κ3) is 2.75. The standard InChI is InChI=1S/C10H16N2S2/c1-3-13-9-6-10(14-4-2)8(12)5-7(9)11/h5-6H,3-4,11-12H2,1-2H3. The second kappa shape index (κ2) is 5.41. The van der Waals surface area contributed by atoms with Crippen LogP contribution in [0.5, 0.6) is 0 Å². The molecule has 0 radical (unpaired) electrons. The average molecular weight is 228 g/mol. The number of nitrogens with two attached hydrogens (primary N) is 2. The Labute approximate surface area is 93.8 Å². The van der Waals surface area contributed by atoms with Crippen LogP contribution in [0.25, 0.3) is 0 Å². The van der Waals surface area contributed by atoms with Crippen molar-refractivity contribution in [3.8, 4) is 0 Å². The fraction of sp³-hybridized carbons (Fsp3) is 0.400. The summed E-state index contributed by atoms with van der Waals surface area (Å²) in [6.07, 6.45) is 0. The van der Waals surface area contributed by atoms with Crippen LogP contribution in [-0.4, -0.2) is 11.5 Å². The van der Waals surface area contributed by atoms with E-state index in [-0.39, 0.29) is 0 Å².